The van der Waals surface area contributed by atoms with Crippen molar-refractivity contribution in [2.45, 2.75) is 37.8 Å². The van der Waals surface area contributed by atoms with Gasteiger partial charge in [-0.2, -0.15) is 0 Å². The molecule has 1 heterocycles. The largest absolute Gasteiger partial charge is 0.479 e. The number of rotatable bonds is 6. The highest BCUT2D eigenvalue weighted by molar-refractivity contribution is 6.30. The molecule has 1 aliphatic rings. The van der Waals surface area contributed by atoms with Crippen LogP contribution >= 0.6 is 11.6 Å². The number of benzene rings is 1. The van der Waals surface area contributed by atoms with Crippen molar-refractivity contribution in [1.29, 1.82) is 0 Å². The zero-order valence-electron chi connectivity index (χ0n) is 11.5. The second kappa shape index (κ2) is 7.43. The molecular weight excluding hydrogens is 294 g/mol. The number of hydrogen-bond donors (Lipinski definition) is 2. The lowest BCUT2D eigenvalue weighted by Crippen LogP contribution is -2.34. The van der Waals surface area contributed by atoms with Crippen LogP contribution in [-0.4, -0.2) is 29.7 Å². The van der Waals surface area contributed by atoms with Crippen LogP contribution in [0.5, 0.6) is 0 Å². The predicted octanol–water partition coefficient (Wildman–Crippen LogP) is 2.54. The molecule has 0 spiro atoms. The Kier molecular flexibility index (Phi) is 5.59. The minimum absolute atomic E-state index is 0.120. The second-order valence-electron chi connectivity index (χ2n) is 5.06. The fraction of sp³-hybridized carbons (Fsp3) is 0.467. The van der Waals surface area contributed by atoms with Crippen LogP contribution in [0.15, 0.2) is 24.3 Å². The van der Waals surface area contributed by atoms with E-state index < -0.39 is 12.0 Å². The quantitative estimate of drug-likeness (QED) is 0.846. The maximum absolute atomic E-state index is 11.9. The summed E-state index contributed by atoms with van der Waals surface area (Å²) in [6.07, 6.45) is 3.00. The van der Waals surface area contributed by atoms with E-state index in [-0.39, 0.29) is 18.4 Å². The lowest BCUT2D eigenvalue weighted by atomic mass is 10.1. The summed E-state index contributed by atoms with van der Waals surface area (Å²) < 4.78 is 5.44. The monoisotopic (exact) mass is 311 g/mol. The summed E-state index contributed by atoms with van der Waals surface area (Å²) in [7, 11) is 0. The summed E-state index contributed by atoms with van der Waals surface area (Å²) in [5.74, 6) is -1.38. The number of hydrogen-bond acceptors (Lipinski definition) is 3. The molecule has 1 fully saturated rings. The molecule has 1 amide bonds. The Morgan fingerprint density at radius 2 is 2.10 bits per heavy atom. The Labute approximate surface area is 128 Å². The van der Waals surface area contributed by atoms with E-state index in [1.807, 2.05) is 0 Å². The Morgan fingerprint density at radius 3 is 2.67 bits per heavy atom. The van der Waals surface area contributed by atoms with Crippen molar-refractivity contribution in [3.8, 4) is 0 Å². The molecule has 5 nitrogen and oxygen atoms in total. The van der Waals surface area contributed by atoms with Crippen molar-refractivity contribution < 1.29 is 19.4 Å². The van der Waals surface area contributed by atoms with Crippen LogP contribution in [0.3, 0.4) is 0 Å². The molecule has 0 radical (unpaired) electrons. The van der Waals surface area contributed by atoms with Gasteiger partial charge in [0.25, 0.3) is 0 Å². The summed E-state index contributed by atoms with van der Waals surface area (Å²) in [4.78, 5) is 23.2. The van der Waals surface area contributed by atoms with E-state index in [0.717, 1.165) is 19.4 Å². The smallest absolute Gasteiger partial charge is 0.330 e. The minimum Gasteiger partial charge on any atom is -0.479 e. The summed E-state index contributed by atoms with van der Waals surface area (Å²) in [6, 6.07) is 5.35. The number of amides is 1. The normalized spacial score (nSPS) is 19.2. The highest BCUT2D eigenvalue weighted by Crippen LogP contribution is 2.19. The third-order valence-electron chi connectivity index (χ3n) is 3.47. The summed E-state index contributed by atoms with van der Waals surface area (Å²) in [5.41, 5.74) is 0.498. The Hall–Kier alpha value is -1.59. The van der Waals surface area contributed by atoms with E-state index in [9.17, 15) is 14.7 Å². The molecule has 0 aromatic heterocycles. The lowest BCUT2D eigenvalue weighted by Gasteiger charge is -2.16. The van der Waals surface area contributed by atoms with Gasteiger partial charge in [-0.25, -0.2) is 4.79 Å². The number of aliphatic carboxylic acids is 1. The molecule has 2 rings (SSSR count). The maximum Gasteiger partial charge on any atom is 0.330 e. The number of carbonyl (C=O) groups is 2. The number of carboxylic acid groups (broad SMARTS) is 1. The van der Waals surface area contributed by atoms with Crippen LogP contribution < -0.4 is 5.32 Å². The van der Waals surface area contributed by atoms with Gasteiger partial charge in [0.2, 0.25) is 5.91 Å². The Bertz CT molecular complexity index is 497. The number of ether oxygens (including phenoxy) is 1. The van der Waals surface area contributed by atoms with E-state index in [0.29, 0.717) is 17.0 Å². The average molecular weight is 312 g/mol. The predicted molar refractivity (Wildman–Crippen MR) is 78.2 cm³/mol. The van der Waals surface area contributed by atoms with Crippen molar-refractivity contribution in [3.63, 3.8) is 0 Å². The molecule has 1 saturated heterocycles. The molecule has 21 heavy (non-hydrogen) atoms. The molecule has 0 saturated carbocycles. The van der Waals surface area contributed by atoms with Gasteiger partial charge in [0, 0.05) is 18.1 Å². The first-order chi connectivity index (χ1) is 10.1. The number of carbonyl (C=O) groups excluding carboxylic acids is 1. The van der Waals surface area contributed by atoms with E-state index in [4.69, 9.17) is 16.3 Å². The summed E-state index contributed by atoms with van der Waals surface area (Å²) in [6.45, 7) is 0.745. The van der Waals surface area contributed by atoms with E-state index in [1.165, 1.54) is 0 Å². The molecular formula is C15H18ClNO4. The van der Waals surface area contributed by atoms with E-state index in [2.05, 4.69) is 5.32 Å². The van der Waals surface area contributed by atoms with Crippen molar-refractivity contribution >= 4 is 23.5 Å². The molecule has 2 N–H and O–H groups in total. The van der Waals surface area contributed by atoms with Gasteiger partial charge in [-0.15, -0.1) is 0 Å². The lowest BCUT2D eigenvalue weighted by molar-refractivity contribution is -0.142. The van der Waals surface area contributed by atoms with Crippen molar-refractivity contribution in [2.24, 2.45) is 0 Å². The van der Waals surface area contributed by atoms with Crippen molar-refractivity contribution in [2.75, 3.05) is 6.61 Å². The van der Waals surface area contributed by atoms with Gasteiger partial charge in [0.1, 0.15) is 0 Å². The fourth-order valence-corrected chi connectivity index (χ4v) is 2.47. The van der Waals surface area contributed by atoms with Crippen LogP contribution in [0.25, 0.3) is 0 Å². The fourth-order valence-electron chi connectivity index (χ4n) is 2.34. The van der Waals surface area contributed by atoms with Crippen molar-refractivity contribution in [1.82, 2.24) is 5.32 Å². The van der Waals surface area contributed by atoms with Crippen LogP contribution in [0.2, 0.25) is 5.02 Å². The van der Waals surface area contributed by atoms with Crippen LogP contribution in [0.1, 0.15) is 37.3 Å². The number of carboxylic acids is 1. The zero-order valence-corrected chi connectivity index (χ0v) is 12.3. The van der Waals surface area contributed by atoms with Crippen LogP contribution in [-0.2, 0) is 14.3 Å². The standard InChI is InChI=1S/C15H18ClNO4/c16-11-5-3-10(4-6-11)14(15(19)20)17-13(18)8-7-12-2-1-9-21-12/h3-6,12,14H,1-2,7-9H2,(H,17,18)(H,19,20). The Balaban J connectivity index is 1.91. The molecule has 6 heteroatoms. The third kappa shape index (κ3) is 4.72. The van der Waals surface area contributed by atoms with Gasteiger partial charge in [0.05, 0.1) is 6.10 Å². The number of halogens is 1. The molecule has 1 aliphatic heterocycles. The molecule has 0 bridgehead atoms. The van der Waals surface area contributed by atoms with E-state index in [1.54, 1.807) is 24.3 Å². The topological polar surface area (TPSA) is 75.6 Å². The van der Waals surface area contributed by atoms with Gasteiger partial charge < -0.3 is 15.2 Å². The highest BCUT2D eigenvalue weighted by atomic mass is 35.5. The Morgan fingerprint density at radius 1 is 1.38 bits per heavy atom. The molecule has 114 valence electrons. The molecule has 1 aromatic carbocycles. The van der Waals surface area contributed by atoms with Gasteiger partial charge in [-0.1, -0.05) is 23.7 Å². The van der Waals surface area contributed by atoms with Gasteiger partial charge in [-0.05, 0) is 37.0 Å². The van der Waals surface area contributed by atoms with Gasteiger partial charge in [-0.3, -0.25) is 4.79 Å². The van der Waals surface area contributed by atoms with Gasteiger partial charge in [0.15, 0.2) is 6.04 Å². The van der Waals surface area contributed by atoms with Crippen molar-refractivity contribution in [3.05, 3.63) is 34.9 Å². The minimum atomic E-state index is -1.09. The molecule has 0 aliphatic carbocycles. The molecule has 1 aromatic rings. The second-order valence-corrected chi connectivity index (χ2v) is 5.50. The van der Waals surface area contributed by atoms with E-state index >= 15 is 0 Å². The first-order valence-electron chi connectivity index (χ1n) is 6.95. The van der Waals surface area contributed by atoms with Crippen LogP contribution in [0, 0.1) is 0 Å². The third-order valence-corrected chi connectivity index (χ3v) is 3.72. The SMILES string of the molecule is O=C(CCC1CCCO1)NC(C(=O)O)c1ccc(Cl)cc1. The first-order valence-corrected chi connectivity index (χ1v) is 7.33. The zero-order chi connectivity index (χ0) is 15.2. The number of nitrogens with one attached hydrogen (secondary N) is 1. The summed E-state index contributed by atoms with van der Waals surface area (Å²) in [5, 5.41) is 12.3. The molecule has 2 unspecified atom stereocenters. The maximum atomic E-state index is 11.9. The van der Waals surface area contributed by atoms with Crippen LogP contribution in [0.4, 0.5) is 0 Å². The highest BCUT2D eigenvalue weighted by Gasteiger charge is 2.23. The average Bonchev–Trinajstić information content (AvgIpc) is 2.97. The first kappa shape index (κ1) is 15.8. The molecule has 2 atom stereocenters. The summed E-state index contributed by atoms with van der Waals surface area (Å²) >= 11 is 5.78. The van der Waals surface area contributed by atoms with Gasteiger partial charge >= 0.3 is 5.97 Å².